The Bertz CT molecular complexity index is 726. The Morgan fingerprint density at radius 3 is 2.74 bits per heavy atom. The summed E-state index contributed by atoms with van der Waals surface area (Å²) in [5.74, 6) is 0.517. The number of fused-ring (bicyclic) bond motifs is 1. The average molecular weight is 251 g/mol. The molecule has 0 N–H and O–H groups in total. The van der Waals surface area contributed by atoms with Gasteiger partial charge in [-0.2, -0.15) is 5.10 Å². The van der Waals surface area contributed by atoms with Crippen LogP contribution in [0.1, 0.15) is 25.3 Å². The van der Waals surface area contributed by atoms with Crippen LogP contribution < -0.4 is 0 Å². The van der Waals surface area contributed by atoms with E-state index in [0.29, 0.717) is 5.92 Å². The van der Waals surface area contributed by atoms with Gasteiger partial charge in [0.05, 0.1) is 17.4 Å². The highest BCUT2D eigenvalue weighted by Crippen LogP contribution is 2.25. The van der Waals surface area contributed by atoms with Crippen LogP contribution in [0.4, 0.5) is 0 Å². The maximum absolute atomic E-state index is 4.48. The Balaban J connectivity index is 2.10. The molecular weight excluding hydrogens is 234 g/mol. The zero-order valence-electron chi connectivity index (χ0n) is 11.5. The maximum atomic E-state index is 4.48. The molecule has 19 heavy (non-hydrogen) atoms. The number of rotatable bonds is 2. The van der Waals surface area contributed by atoms with Crippen molar-refractivity contribution in [2.24, 2.45) is 7.05 Å². The minimum atomic E-state index is 0.517. The van der Waals surface area contributed by atoms with Crippen molar-refractivity contribution in [3.8, 4) is 11.3 Å². The molecule has 2 aromatic heterocycles. The molecule has 0 radical (unpaired) electrons. The van der Waals surface area contributed by atoms with E-state index < -0.39 is 0 Å². The van der Waals surface area contributed by atoms with Crippen LogP contribution in [-0.2, 0) is 7.05 Å². The zero-order valence-corrected chi connectivity index (χ0v) is 11.5. The van der Waals surface area contributed by atoms with Crippen molar-refractivity contribution >= 4 is 10.9 Å². The number of benzene rings is 1. The lowest BCUT2D eigenvalue weighted by molar-refractivity contribution is 0.797. The number of aromatic nitrogens is 3. The van der Waals surface area contributed by atoms with Crippen molar-refractivity contribution in [2.75, 3.05) is 0 Å². The number of nitrogens with zero attached hydrogens (tertiary/aromatic N) is 3. The summed E-state index contributed by atoms with van der Waals surface area (Å²) in [5.41, 5.74) is 4.63. The number of hydrogen-bond acceptors (Lipinski definition) is 2. The molecule has 0 saturated carbocycles. The van der Waals surface area contributed by atoms with Gasteiger partial charge in [0.2, 0.25) is 0 Å². The van der Waals surface area contributed by atoms with E-state index in [-0.39, 0.29) is 0 Å². The second-order valence-electron chi connectivity index (χ2n) is 5.17. The van der Waals surface area contributed by atoms with E-state index in [1.54, 1.807) is 0 Å². The third-order valence-electron chi connectivity index (χ3n) is 3.49. The second kappa shape index (κ2) is 4.50. The van der Waals surface area contributed by atoms with Gasteiger partial charge in [0.1, 0.15) is 0 Å². The monoisotopic (exact) mass is 251 g/mol. The van der Waals surface area contributed by atoms with Crippen LogP contribution in [0.15, 0.2) is 42.7 Å². The fourth-order valence-electron chi connectivity index (χ4n) is 2.29. The van der Waals surface area contributed by atoms with Crippen LogP contribution in [0.2, 0.25) is 0 Å². The molecule has 0 amide bonds. The molecule has 0 aliphatic heterocycles. The normalized spacial score (nSPS) is 11.4. The van der Waals surface area contributed by atoms with Gasteiger partial charge in [0.25, 0.3) is 0 Å². The lowest BCUT2D eigenvalue weighted by Crippen LogP contribution is -1.91. The quantitative estimate of drug-likeness (QED) is 0.694. The molecule has 0 saturated heterocycles. The van der Waals surface area contributed by atoms with Crippen molar-refractivity contribution < 1.29 is 0 Å². The predicted molar refractivity (Wildman–Crippen MR) is 78.0 cm³/mol. The van der Waals surface area contributed by atoms with Gasteiger partial charge in [-0.3, -0.25) is 9.67 Å². The van der Waals surface area contributed by atoms with Gasteiger partial charge in [-0.1, -0.05) is 19.9 Å². The summed E-state index contributed by atoms with van der Waals surface area (Å²) in [6, 6.07) is 10.6. The summed E-state index contributed by atoms with van der Waals surface area (Å²) in [7, 11) is 1.96. The highest BCUT2D eigenvalue weighted by atomic mass is 15.2. The van der Waals surface area contributed by atoms with E-state index in [4.69, 9.17) is 0 Å². The summed E-state index contributed by atoms with van der Waals surface area (Å²) in [6.45, 7) is 4.40. The third kappa shape index (κ3) is 2.12. The summed E-state index contributed by atoms with van der Waals surface area (Å²) in [5, 5.41) is 5.42. The second-order valence-corrected chi connectivity index (χ2v) is 5.17. The van der Waals surface area contributed by atoms with Crippen molar-refractivity contribution in [3.05, 3.63) is 48.3 Å². The van der Waals surface area contributed by atoms with Crippen LogP contribution in [0.5, 0.6) is 0 Å². The Morgan fingerprint density at radius 1 is 1.11 bits per heavy atom. The molecule has 3 nitrogen and oxygen atoms in total. The minimum absolute atomic E-state index is 0.517. The van der Waals surface area contributed by atoms with E-state index in [1.165, 1.54) is 5.56 Å². The van der Waals surface area contributed by atoms with Gasteiger partial charge in [-0.05, 0) is 35.7 Å². The largest absolute Gasteiger partial charge is 0.268 e. The van der Waals surface area contributed by atoms with Gasteiger partial charge in [-0.15, -0.1) is 0 Å². The number of hydrogen-bond donors (Lipinski definition) is 0. The molecular formula is C16H17N3. The predicted octanol–water partition coefficient (Wildman–Crippen LogP) is 3.76. The fraction of sp³-hybridized carbons (Fsp3) is 0.250. The number of aryl methyl sites for hydroxylation is 1. The molecule has 96 valence electrons. The topological polar surface area (TPSA) is 30.7 Å². The van der Waals surface area contributed by atoms with Crippen LogP contribution in [0.25, 0.3) is 22.2 Å². The zero-order chi connectivity index (χ0) is 13.4. The number of pyridine rings is 1. The fourth-order valence-corrected chi connectivity index (χ4v) is 2.29. The van der Waals surface area contributed by atoms with E-state index in [1.807, 2.05) is 24.1 Å². The molecule has 3 heteroatoms. The third-order valence-corrected chi connectivity index (χ3v) is 3.49. The van der Waals surface area contributed by atoms with E-state index in [0.717, 1.165) is 22.2 Å². The van der Waals surface area contributed by atoms with Crippen molar-refractivity contribution in [3.63, 3.8) is 0 Å². The first-order valence-electron chi connectivity index (χ1n) is 6.53. The van der Waals surface area contributed by atoms with Crippen LogP contribution >= 0.6 is 0 Å². The smallest absolute Gasteiger partial charge is 0.0705 e. The molecule has 0 spiro atoms. The Labute approximate surface area is 112 Å². The maximum Gasteiger partial charge on any atom is 0.0705 e. The standard InChI is InChI=1S/C16H17N3/c1-11(2)12-6-7-17-15(9-12)13-4-5-16-14(8-13)10-18-19(16)3/h4-11H,1-3H3. The van der Waals surface area contributed by atoms with Gasteiger partial charge in [0, 0.05) is 24.2 Å². The summed E-state index contributed by atoms with van der Waals surface area (Å²) >= 11 is 0. The van der Waals surface area contributed by atoms with Crippen LogP contribution in [0, 0.1) is 0 Å². The highest BCUT2D eigenvalue weighted by Gasteiger charge is 2.06. The molecule has 0 bridgehead atoms. The van der Waals surface area contributed by atoms with E-state index in [9.17, 15) is 0 Å². The Morgan fingerprint density at radius 2 is 1.95 bits per heavy atom. The van der Waals surface area contributed by atoms with Gasteiger partial charge in [0.15, 0.2) is 0 Å². The molecule has 0 aliphatic rings. The summed E-state index contributed by atoms with van der Waals surface area (Å²) in [6.07, 6.45) is 3.78. The first kappa shape index (κ1) is 11.9. The molecule has 0 fully saturated rings. The molecule has 0 unspecified atom stereocenters. The lowest BCUT2D eigenvalue weighted by Gasteiger charge is -2.07. The first-order chi connectivity index (χ1) is 9.15. The molecule has 2 heterocycles. The van der Waals surface area contributed by atoms with Crippen LogP contribution in [0.3, 0.4) is 0 Å². The minimum Gasteiger partial charge on any atom is -0.268 e. The lowest BCUT2D eigenvalue weighted by atomic mass is 10.0. The highest BCUT2D eigenvalue weighted by molar-refractivity contribution is 5.83. The van der Waals surface area contributed by atoms with Gasteiger partial charge < -0.3 is 0 Å². The summed E-state index contributed by atoms with van der Waals surface area (Å²) < 4.78 is 1.89. The summed E-state index contributed by atoms with van der Waals surface area (Å²) in [4.78, 5) is 4.48. The molecule has 3 aromatic rings. The Hall–Kier alpha value is -2.16. The average Bonchev–Trinajstić information content (AvgIpc) is 2.80. The SMILES string of the molecule is CC(C)c1ccnc(-c2ccc3c(cnn3C)c2)c1. The van der Waals surface area contributed by atoms with E-state index >= 15 is 0 Å². The molecule has 3 rings (SSSR count). The van der Waals surface area contributed by atoms with Crippen molar-refractivity contribution in [1.82, 2.24) is 14.8 Å². The molecule has 0 aliphatic carbocycles. The van der Waals surface area contributed by atoms with Gasteiger partial charge >= 0.3 is 0 Å². The van der Waals surface area contributed by atoms with E-state index in [2.05, 4.69) is 54.3 Å². The molecule has 1 aromatic carbocycles. The first-order valence-corrected chi connectivity index (χ1v) is 6.53. The van der Waals surface area contributed by atoms with Gasteiger partial charge in [-0.25, -0.2) is 0 Å². The van der Waals surface area contributed by atoms with Crippen molar-refractivity contribution in [1.29, 1.82) is 0 Å². The Kier molecular flexibility index (Phi) is 2.82. The van der Waals surface area contributed by atoms with Crippen LogP contribution in [-0.4, -0.2) is 14.8 Å². The van der Waals surface area contributed by atoms with Crippen molar-refractivity contribution in [2.45, 2.75) is 19.8 Å². The molecule has 0 atom stereocenters.